The van der Waals surface area contributed by atoms with Gasteiger partial charge in [-0.3, -0.25) is 5.43 Å². The van der Waals surface area contributed by atoms with Crippen LogP contribution in [0.1, 0.15) is 6.92 Å². The molecule has 0 amide bonds. The van der Waals surface area contributed by atoms with Crippen LogP contribution in [0.3, 0.4) is 0 Å². The zero-order valence-electron chi connectivity index (χ0n) is 11.5. The van der Waals surface area contributed by atoms with Crippen molar-refractivity contribution in [2.24, 2.45) is 10.8 Å². The molecule has 1 heterocycles. The lowest BCUT2D eigenvalue weighted by molar-refractivity contribution is 0.185. The average molecular weight is 310 g/mol. The lowest BCUT2D eigenvalue weighted by Gasteiger charge is -2.36. The average Bonchev–Trinajstić information content (AvgIpc) is 2.35. The smallest absolute Gasteiger partial charge is 0.209 e. The third kappa shape index (κ3) is 4.83. The van der Waals surface area contributed by atoms with Gasteiger partial charge in [0.15, 0.2) is 9.84 Å². The summed E-state index contributed by atoms with van der Waals surface area (Å²) < 4.78 is 28.7. The van der Waals surface area contributed by atoms with Crippen molar-refractivity contribution in [3.63, 3.8) is 0 Å². The molecule has 19 heavy (non-hydrogen) atoms. The second-order valence-electron chi connectivity index (χ2n) is 4.45. The fraction of sp³-hybridized carbons (Fsp3) is 0.900. The Morgan fingerprint density at radius 3 is 2.89 bits per heavy atom. The number of methoxy groups -OCH3 is 1. The van der Waals surface area contributed by atoms with E-state index in [2.05, 4.69) is 10.4 Å². The maximum absolute atomic E-state index is 11.8. The minimum absolute atomic E-state index is 0.0918. The molecule has 2 atom stereocenters. The van der Waals surface area contributed by atoms with Crippen molar-refractivity contribution >= 4 is 27.6 Å². The number of thioether (sulfide) groups is 1. The molecule has 0 aromatic heterocycles. The van der Waals surface area contributed by atoms with Gasteiger partial charge >= 0.3 is 0 Å². The van der Waals surface area contributed by atoms with Crippen LogP contribution in [0, 0.1) is 0 Å². The third-order valence-electron chi connectivity index (χ3n) is 2.73. The Morgan fingerprint density at radius 2 is 2.37 bits per heavy atom. The van der Waals surface area contributed by atoms with E-state index in [9.17, 15) is 8.42 Å². The Hall–Kier alpha value is -0.510. The fourth-order valence-corrected chi connectivity index (χ4v) is 4.68. The Bertz CT molecular complexity index is 413. The van der Waals surface area contributed by atoms with Crippen LogP contribution in [-0.4, -0.2) is 68.7 Å². The summed E-state index contributed by atoms with van der Waals surface area (Å²) in [6, 6.07) is -0.0918. The van der Waals surface area contributed by atoms with Crippen molar-refractivity contribution in [1.29, 1.82) is 0 Å². The molecular formula is C10H22N4O3S2. The highest BCUT2D eigenvalue weighted by Gasteiger charge is 2.33. The lowest BCUT2D eigenvalue weighted by atomic mass is 10.4. The van der Waals surface area contributed by atoms with Crippen LogP contribution in [0.5, 0.6) is 0 Å². The van der Waals surface area contributed by atoms with Crippen molar-refractivity contribution in [1.82, 2.24) is 10.3 Å². The number of hydrazine groups is 1. The molecule has 0 aromatic rings. The van der Waals surface area contributed by atoms with E-state index in [1.807, 2.05) is 6.92 Å². The minimum atomic E-state index is -3.18. The van der Waals surface area contributed by atoms with Crippen LogP contribution in [0.15, 0.2) is 4.99 Å². The first kappa shape index (κ1) is 16.5. The second kappa shape index (κ2) is 7.32. The van der Waals surface area contributed by atoms with Gasteiger partial charge in [0.25, 0.3) is 0 Å². The molecule has 0 spiro atoms. The summed E-state index contributed by atoms with van der Waals surface area (Å²) in [6.45, 7) is 2.94. The van der Waals surface area contributed by atoms with Crippen molar-refractivity contribution in [2.75, 3.05) is 38.0 Å². The van der Waals surface area contributed by atoms with Gasteiger partial charge in [-0.1, -0.05) is 0 Å². The zero-order valence-corrected chi connectivity index (χ0v) is 13.1. The van der Waals surface area contributed by atoms with E-state index in [0.717, 1.165) is 5.75 Å². The van der Waals surface area contributed by atoms with E-state index in [1.165, 1.54) is 6.26 Å². The van der Waals surface area contributed by atoms with Crippen molar-refractivity contribution < 1.29 is 13.2 Å². The maximum atomic E-state index is 11.8. The number of aliphatic imine (C=N–C) groups is 1. The van der Waals surface area contributed by atoms with E-state index in [4.69, 9.17) is 10.6 Å². The maximum Gasteiger partial charge on any atom is 0.209 e. The Labute approximate surface area is 118 Å². The Balaban J connectivity index is 2.93. The summed E-state index contributed by atoms with van der Waals surface area (Å²) in [7, 11) is -1.59. The van der Waals surface area contributed by atoms with Crippen molar-refractivity contribution in [3.05, 3.63) is 0 Å². The molecule has 0 saturated carbocycles. The van der Waals surface area contributed by atoms with Gasteiger partial charge < -0.3 is 9.64 Å². The number of sulfone groups is 1. The molecule has 1 aliphatic rings. The molecule has 0 radical (unpaired) electrons. The van der Waals surface area contributed by atoms with Gasteiger partial charge in [-0.15, -0.1) is 0 Å². The summed E-state index contributed by atoms with van der Waals surface area (Å²) in [5, 5.41) is -0.587. The number of hydrogen-bond acceptors (Lipinski definition) is 6. The number of hydrogen-bond donors (Lipinski definition) is 2. The Kier molecular flexibility index (Phi) is 6.37. The van der Waals surface area contributed by atoms with Crippen LogP contribution in [-0.2, 0) is 14.6 Å². The summed E-state index contributed by atoms with van der Waals surface area (Å²) in [5.74, 6) is 7.27. The topological polar surface area (TPSA) is 97.0 Å². The lowest BCUT2D eigenvalue weighted by Crippen LogP contribution is -2.56. The largest absolute Gasteiger partial charge is 0.382 e. The van der Waals surface area contributed by atoms with Crippen LogP contribution >= 0.6 is 11.8 Å². The molecule has 3 N–H and O–H groups in total. The molecule has 0 aromatic carbocycles. The molecule has 112 valence electrons. The van der Waals surface area contributed by atoms with Crippen LogP contribution < -0.4 is 11.3 Å². The molecule has 7 nitrogen and oxygen atoms in total. The molecule has 0 bridgehead atoms. The highest BCUT2D eigenvalue weighted by molar-refractivity contribution is 8.00. The van der Waals surface area contributed by atoms with Gasteiger partial charge in [-0.25, -0.2) is 19.3 Å². The van der Waals surface area contributed by atoms with E-state index < -0.39 is 15.2 Å². The molecule has 1 fully saturated rings. The molecule has 1 rings (SSSR count). The van der Waals surface area contributed by atoms with Gasteiger partial charge in [-0.2, -0.15) is 11.8 Å². The van der Waals surface area contributed by atoms with Gasteiger partial charge in [0.2, 0.25) is 5.96 Å². The SMILES string of the molecule is COCC(C)N=C(NN)N1CCSCC1S(C)(=O)=O. The standard InChI is InChI=1S/C10H22N4O3S2/c1-8(6-17-2)12-10(13-11)14-4-5-18-7-9(14)19(3,15)16/h8-9H,4-7,11H2,1-3H3,(H,12,13). The first-order valence-corrected chi connectivity index (χ1v) is 9.07. The van der Waals surface area contributed by atoms with E-state index in [-0.39, 0.29) is 6.04 Å². The van der Waals surface area contributed by atoms with Crippen LogP contribution in [0.4, 0.5) is 0 Å². The van der Waals surface area contributed by atoms with Crippen LogP contribution in [0.25, 0.3) is 0 Å². The Morgan fingerprint density at radius 1 is 1.68 bits per heavy atom. The van der Waals surface area contributed by atoms with Crippen molar-refractivity contribution in [2.45, 2.75) is 18.3 Å². The number of rotatable bonds is 4. The summed E-state index contributed by atoms with van der Waals surface area (Å²) in [4.78, 5) is 6.10. The summed E-state index contributed by atoms with van der Waals surface area (Å²) in [6.07, 6.45) is 1.24. The quantitative estimate of drug-likeness (QED) is 0.305. The highest BCUT2D eigenvalue weighted by Crippen LogP contribution is 2.20. The first-order valence-electron chi connectivity index (χ1n) is 5.96. The predicted molar refractivity (Wildman–Crippen MR) is 78.8 cm³/mol. The van der Waals surface area contributed by atoms with Gasteiger partial charge in [0.1, 0.15) is 5.37 Å². The highest BCUT2D eigenvalue weighted by atomic mass is 32.2. The fourth-order valence-electron chi connectivity index (χ4n) is 1.86. The van der Waals surface area contributed by atoms with E-state index >= 15 is 0 Å². The molecule has 1 aliphatic heterocycles. The zero-order chi connectivity index (χ0) is 14.5. The summed E-state index contributed by atoms with van der Waals surface area (Å²) in [5.41, 5.74) is 2.51. The number of ether oxygens (including phenoxy) is 1. The summed E-state index contributed by atoms with van der Waals surface area (Å²) >= 11 is 1.62. The number of nitrogens with one attached hydrogen (secondary N) is 1. The number of guanidine groups is 1. The van der Waals surface area contributed by atoms with E-state index in [0.29, 0.717) is 24.9 Å². The molecule has 2 unspecified atom stereocenters. The van der Waals surface area contributed by atoms with Crippen molar-refractivity contribution in [3.8, 4) is 0 Å². The van der Waals surface area contributed by atoms with Gasteiger partial charge in [-0.05, 0) is 6.92 Å². The molecule has 1 saturated heterocycles. The first-order chi connectivity index (χ1) is 8.90. The van der Waals surface area contributed by atoms with Gasteiger partial charge in [0.05, 0.1) is 12.6 Å². The minimum Gasteiger partial charge on any atom is -0.382 e. The molecule has 0 aliphatic carbocycles. The predicted octanol–water partition coefficient (Wildman–Crippen LogP) is -0.740. The number of nitrogens with zero attached hydrogens (tertiary/aromatic N) is 2. The monoisotopic (exact) mass is 310 g/mol. The number of nitrogens with two attached hydrogens (primary N) is 1. The van der Waals surface area contributed by atoms with Crippen LogP contribution in [0.2, 0.25) is 0 Å². The molecule has 9 heteroatoms. The van der Waals surface area contributed by atoms with Gasteiger partial charge in [0, 0.05) is 31.4 Å². The second-order valence-corrected chi connectivity index (χ2v) is 7.81. The van der Waals surface area contributed by atoms with E-state index in [1.54, 1.807) is 23.8 Å². The molecular weight excluding hydrogens is 288 g/mol. The normalized spacial score (nSPS) is 23.3. The third-order valence-corrected chi connectivity index (χ3v) is 5.37.